The number of carbonyl (C=O) groups is 4. The first-order valence-corrected chi connectivity index (χ1v) is 14.2. The zero-order valence-corrected chi connectivity index (χ0v) is 24.7. The third kappa shape index (κ3) is 7.38. The second-order valence-corrected chi connectivity index (χ2v) is 11.8. The predicted molar refractivity (Wildman–Crippen MR) is 155 cm³/mol. The van der Waals surface area contributed by atoms with Crippen LogP contribution in [0.4, 0.5) is 0 Å². The number of hydrogen-bond donors (Lipinski definition) is 3. The van der Waals surface area contributed by atoms with Gasteiger partial charge in [-0.05, 0) is 44.6 Å². The molecule has 222 valence electrons. The number of fused-ring (bicyclic) bond motifs is 1. The van der Waals surface area contributed by atoms with Crippen LogP contribution >= 0.6 is 11.8 Å². The van der Waals surface area contributed by atoms with Crippen LogP contribution in [0.25, 0.3) is 0 Å². The summed E-state index contributed by atoms with van der Waals surface area (Å²) in [5.74, 6) is -1.09. The van der Waals surface area contributed by atoms with Crippen LogP contribution in [0.15, 0.2) is 54.6 Å². The minimum Gasteiger partial charge on any atom is -0.493 e. The minimum absolute atomic E-state index is 0.266. The lowest BCUT2D eigenvalue weighted by Crippen LogP contribution is -2.71. The number of β-lactam (4-membered cyclic amide) rings is 1. The van der Waals surface area contributed by atoms with Crippen molar-refractivity contribution < 1.29 is 33.8 Å². The number of aliphatic carboxylic acids is 1. The highest BCUT2D eigenvalue weighted by molar-refractivity contribution is 8.01. The zero-order chi connectivity index (χ0) is 30.3. The van der Waals surface area contributed by atoms with Crippen LogP contribution in [0, 0.1) is 0 Å². The maximum absolute atomic E-state index is 12.3. The normalized spacial score (nSPS) is 21.1. The van der Waals surface area contributed by atoms with E-state index in [1.807, 2.05) is 36.9 Å². The third-order valence-electron chi connectivity index (χ3n) is 6.95. The molecule has 1 unspecified atom stereocenters. The van der Waals surface area contributed by atoms with E-state index < -0.39 is 34.7 Å². The van der Waals surface area contributed by atoms with E-state index in [-0.39, 0.29) is 17.3 Å². The van der Waals surface area contributed by atoms with Gasteiger partial charge in [0.2, 0.25) is 11.8 Å². The molecular formula is C29H38N4O7S. The topological polar surface area (TPSA) is 151 Å². The lowest BCUT2D eigenvalue weighted by atomic mass is 9.95. The fraction of sp³-hybridized carbons (Fsp3) is 0.448. The summed E-state index contributed by atoms with van der Waals surface area (Å²) in [5.41, 5.74) is 6.59. The monoisotopic (exact) mass is 586 g/mol. The van der Waals surface area contributed by atoms with Crippen molar-refractivity contribution in [2.45, 2.75) is 55.9 Å². The molecule has 2 aliphatic rings. The Hall–Kier alpha value is -3.61. The first-order chi connectivity index (χ1) is 19.4. The standard InChI is InChI=1S/C16H19N3O4S.C13H19NO3/c1-16(2)11(15(22)23)19-13(21)10(14(19)24-16)18-12(20)9(17)8-6-4-3-5-7-8;1-4-14(5-2)10-13(15)17-12-9-7-6-8-11(12)16-3/h3-7,9-11,14H,17H2,1-2H3,(H,18,20)(H,22,23);6-9H,4-5,10H2,1-3H3/t9?,10-,11+,14-;/m1./s1. The van der Waals surface area contributed by atoms with Gasteiger partial charge in [-0.15, -0.1) is 11.8 Å². The van der Waals surface area contributed by atoms with Crippen LogP contribution in [0.1, 0.15) is 39.3 Å². The van der Waals surface area contributed by atoms with E-state index in [0.717, 1.165) is 13.1 Å². The molecule has 11 nitrogen and oxygen atoms in total. The van der Waals surface area contributed by atoms with Gasteiger partial charge >= 0.3 is 11.9 Å². The summed E-state index contributed by atoms with van der Waals surface area (Å²) in [6.07, 6.45) is 0. The molecule has 41 heavy (non-hydrogen) atoms. The molecule has 0 spiro atoms. The number of carboxylic acid groups (broad SMARTS) is 1. The van der Waals surface area contributed by atoms with E-state index in [2.05, 4.69) is 5.32 Å². The molecule has 2 aromatic rings. The van der Waals surface area contributed by atoms with Crippen molar-refractivity contribution in [3.63, 3.8) is 0 Å². The van der Waals surface area contributed by atoms with Crippen molar-refractivity contribution in [1.82, 2.24) is 15.1 Å². The number of thioether (sulfide) groups is 1. The van der Waals surface area contributed by atoms with Crippen LogP contribution in [0.2, 0.25) is 0 Å². The van der Waals surface area contributed by atoms with Gasteiger partial charge in [0.05, 0.1) is 13.7 Å². The highest BCUT2D eigenvalue weighted by Crippen LogP contribution is 2.50. The number of nitrogens with zero attached hydrogens (tertiary/aromatic N) is 2. The van der Waals surface area contributed by atoms with Crippen LogP contribution in [-0.2, 0) is 19.2 Å². The highest BCUT2D eigenvalue weighted by atomic mass is 32.2. The molecule has 0 aromatic heterocycles. The van der Waals surface area contributed by atoms with Gasteiger partial charge in [0.15, 0.2) is 11.5 Å². The van der Waals surface area contributed by atoms with E-state index in [4.69, 9.17) is 15.2 Å². The average Bonchev–Trinajstić information content (AvgIpc) is 3.22. The van der Waals surface area contributed by atoms with Crippen LogP contribution in [0.5, 0.6) is 11.5 Å². The van der Waals surface area contributed by atoms with Crippen molar-refractivity contribution in [1.29, 1.82) is 0 Å². The Kier molecular flexibility index (Phi) is 10.8. The molecule has 0 bridgehead atoms. The number of amides is 2. The molecule has 2 amide bonds. The van der Waals surface area contributed by atoms with Crippen molar-refractivity contribution >= 4 is 35.5 Å². The molecule has 2 heterocycles. The van der Waals surface area contributed by atoms with Gasteiger partial charge in [0.1, 0.15) is 23.5 Å². The molecule has 2 aromatic carbocycles. The number of para-hydroxylation sites is 2. The fourth-order valence-electron chi connectivity index (χ4n) is 4.69. The minimum atomic E-state index is -1.03. The second-order valence-electron chi connectivity index (χ2n) is 10.1. The Bertz CT molecular complexity index is 1240. The fourth-order valence-corrected chi connectivity index (χ4v) is 6.31. The second kappa shape index (κ2) is 13.8. The highest BCUT2D eigenvalue weighted by Gasteiger charge is 2.64. The van der Waals surface area contributed by atoms with Crippen molar-refractivity contribution in [2.75, 3.05) is 26.7 Å². The maximum Gasteiger partial charge on any atom is 0.327 e. The Labute approximate surface area is 244 Å². The number of nitrogens with one attached hydrogen (secondary N) is 1. The summed E-state index contributed by atoms with van der Waals surface area (Å²) in [4.78, 5) is 51.1. The molecule has 2 fully saturated rings. The lowest BCUT2D eigenvalue weighted by molar-refractivity contribution is -0.161. The van der Waals surface area contributed by atoms with Gasteiger partial charge in [-0.2, -0.15) is 0 Å². The van der Waals surface area contributed by atoms with Gasteiger partial charge < -0.3 is 30.5 Å². The van der Waals surface area contributed by atoms with Crippen LogP contribution < -0.4 is 20.5 Å². The molecule has 12 heteroatoms. The van der Waals surface area contributed by atoms with E-state index in [1.54, 1.807) is 57.4 Å². The Morgan fingerprint density at radius 1 is 1.07 bits per heavy atom. The maximum atomic E-state index is 12.3. The average molecular weight is 587 g/mol. The molecule has 4 N–H and O–H groups in total. The van der Waals surface area contributed by atoms with Gasteiger partial charge in [-0.1, -0.05) is 56.3 Å². The van der Waals surface area contributed by atoms with Crippen LogP contribution in [-0.4, -0.2) is 87.6 Å². The number of carboxylic acids is 1. The van der Waals surface area contributed by atoms with Crippen molar-refractivity contribution in [2.24, 2.45) is 5.73 Å². The molecule has 4 atom stereocenters. The number of ether oxygens (including phenoxy) is 2. The largest absolute Gasteiger partial charge is 0.493 e. The first kappa shape index (κ1) is 31.9. The molecule has 0 saturated carbocycles. The smallest absolute Gasteiger partial charge is 0.327 e. The summed E-state index contributed by atoms with van der Waals surface area (Å²) >= 11 is 1.38. The van der Waals surface area contributed by atoms with Crippen molar-refractivity contribution in [3.8, 4) is 11.5 Å². The number of esters is 1. The quantitative estimate of drug-likeness (QED) is 0.215. The van der Waals surface area contributed by atoms with Gasteiger partial charge in [-0.3, -0.25) is 19.3 Å². The Morgan fingerprint density at radius 3 is 2.22 bits per heavy atom. The number of methoxy groups -OCH3 is 1. The number of nitrogens with two attached hydrogens (primary N) is 1. The molecule has 0 aliphatic carbocycles. The lowest BCUT2D eigenvalue weighted by Gasteiger charge is -2.43. The molecule has 2 aliphatic heterocycles. The summed E-state index contributed by atoms with van der Waals surface area (Å²) in [7, 11) is 1.55. The van der Waals surface area contributed by atoms with Gasteiger partial charge in [-0.25, -0.2) is 4.79 Å². The Balaban J connectivity index is 0.000000241. The van der Waals surface area contributed by atoms with Gasteiger partial charge in [0, 0.05) is 4.75 Å². The van der Waals surface area contributed by atoms with E-state index in [0.29, 0.717) is 23.6 Å². The summed E-state index contributed by atoms with van der Waals surface area (Å²) in [5, 5.41) is 11.7. The molecule has 0 radical (unpaired) electrons. The Morgan fingerprint density at radius 2 is 1.66 bits per heavy atom. The van der Waals surface area contributed by atoms with Crippen LogP contribution in [0.3, 0.4) is 0 Å². The first-order valence-electron chi connectivity index (χ1n) is 13.3. The summed E-state index contributed by atoms with van der Waals surface area (Å²) < 4.78 is 9.76. The third-order valence-corrected chi connectivity index (χ3v) is 8.53. The molecule has 2 saturated heterocycles. The zero-order valence-electron chi connectivity index (χ0n) is 23.9. The van der Waals surface area contributed by atoms with Crippen molar-refractivity contribution in [3.05, 3.63) is 60.2 Å². The summed E-state index contributed by atoms with van der Waals surface area (Å²) in [6.45, 7) is 9.56. The van der Waals surface area contributed by atoms with E-state index in [1.165, 1.54) is 16.7 Å². The molecule has 4 rings (SSSR count). The van der Waals surface area contributed by atoms with E-state index >= 15 is 0 Å². The molecular weight excluding hydrogens is 548 g/mol. The number of hydrogen-bond acceptors (Lipinski definition) is 9. The summed E-state index contributed by atoms with van der Waals surface area (Å²) in [6, 6.07) is 13.5. The van der Waals surface area contributed by atoms with E-state index in [9.17, 15) is 24.3 Å². The predicted octanol–water partition coefficient (Wildman–Crippen LogP) is 2.26. The number of benzene rings is 2. The number of rotatable bonds is 10. The number of carbonyl (C=O) groups excluding carboxylic acids is 3. The number of likely N-dealkylation sites (N-methyl/N-ethyl adjacent to an activating group) is 1. The van der Waals surface area contributed by atoms with Gasteiger partial charge in [0.25, 0.3) is 0 Å². The SMILES string of the molecule is CC1(C)S[C@@H]2[C@H](NC(=O)C(N)c3ccccc3)C(=O)N2[C@H]1C(=O)O.CCN(CC)CC(=O)Oc1ccccc1OC.